The van der Waals surface area contributed by atoms with Crippen LogP contribution in [0.15, 0.2) is 5.16 Å². The van der Waals surface area contributed by atoms with Crippen LogP contribution in [0.5, 0.6) is 0 Å². The summed E-state index contributed by atoms with van der Waals surface area (Å²) >= 11 is 0. The van der Waals surface area contributed by atoms with E-state index < -0.39 is 15.6 Å². The molecule has 0 radical (unpaired) electrons. The predicted octanol–water partition coefficient (Wildman–Crippen LogP) is 0.573. The highest BCUT2D eigenvalue weighted by Gasteiger charge is 2.36. The number of primary sulfonamides is 1. The Morgan fingerprint density at radius 1 is 1.37 bits per heavy atom. The van der Waals surface area contributed by atoms with E-state index in [1.807, 2.05) is 27.7 Å². The van der Waals surface area contributed by atoms with Crippen LogP contribution < -0.4 is 5.14 Å². The zero-order chi connectivity index (χ0) is 14.4. The van der Waals surface area contributed by atoms with Gasteiger partial charge in [-0.1, -0.05) is 0 Å². The highest BCUT2D eigenvalue weighted by atomic mass is 32.2. The lowest BCUT2D eigenvalue weighted by atomic mass is 10.00. The third-order valence-corrected chi connectivity index (χ3v) is 4.06. The van der Waals surface area contributed by atoms with Crippen molar-refractivity contribution in [1.29, 1.82) is 0 Å². The molecule has 1 aliphatic heterocycles. The molecule has 7 nitrogen and oxygen atoms in total. The molecule has 19 heavy (non-hydrogen) atoms. The van der Waals surface area contributed by atoms with Crippen molar-refractivity contribution in [3.05, 3.63) is 5.82 Å². The predicted molar refractivity (Wildman–Crippen MR) is 69.2 cm³/mol. The molecule has 2 N–H and O–H groups in total. The van der Waals surface area contributed by atoms with E-state index in [1.54, 1.807) is 4.57 Å². The number of hydrogen-bond donors (Lipinski definition) is 1. The van der Waals surface area contributed by atoms with Gasteiger partial charge >= 0.3 is 0 Å². The first-order chi connectivity index (χ1) is 8.62. The van der Waals surface area contributed by atoms with Crippen LogP contribution in [-0.4, -0.2) is 35.9 Å². The minimum atomic E-state index is -3.89. The van der Waals surface area contributed by atoms with Crippen LogP contribution in [-0.2, 0) is 20.3 Å². The molecule has 2 heterocycles. The molecule has 0 bridgehead atoms. The summed E-state index contributed by atoms with van der Waals surface area (Å²) in [6, 6.07) is 0. The first-order valence-corrected chi connectivity index (χ1v) is 7.77. The fraction of sp³-hybridized carbons (Fsp3) is 0.818. The molecule has 0 aromatic carbocycles. The van der Waals surface area contributed by atoms with Crippen molar-refractivity contribution in [2.45, 2.75) is 56.8 Å². The van der Waals surface area contributed by atoms with Crippen LogP contribution in [0.25, 0.3) is 0 Å². The molecular formula is C11H20N4O3S. The fourth-order valence-corrected chi connectivity index (χ4v) is 3.18. The highest BCUT2D eigenvalue weighted by molar-refractivity contribution is 7.89. The van der Waals surface area contributed by atoms with Gasteiger partial charge in [-0.3, -0.25) is 4.57 Å². The second-order valence-electron chi connectivity index (χ2n) is 5.86. The molecule has 0 spiro atoms. The quantitative estimate of drug-likeness (QED) is 0.857. The maximum absolute atomic E-state index is 11.6. The molecule has 2 unspecified atom stereocenters. The van der Waals surface area contributed by atoms with E-state index in [-0.39, 0.29) is 17.2 Å². The normalized spacial score (nSPS) is 24.9. The SMILES string of the molecule is CC1OCCC1c1nnc(S(N)(=O)=O)n1C(C)(C)C. The van der Waals surface area contributed by atoms with Gasteiger partial charge in [0.05, 0.1) is 6.10 Å². The molecule has 1 saturated heterocycles. The molecule has 1 aliphatic rings. The van der Waals surface area contributed by atoms with Crippen LogP contribution in [0.3, 0.4) is 0 Å². The molecule has 1 fully saturated rings. The number of rotatable bonds is 2. The number of ether oxygens (including phenoxy) is 1. The lowest BCUT2D eigenvalue weighted by Crippen LogP contribution is -2.31. The van der Waals surface area contributed by atoms with Gasteiger partial charge in [-0.25, -0.2) is 13.6 Å². The van der Waals surface area contributed by atoms with Crippen molar-refractivity contribution in [3.8, 4) is 0 Å². The monoisotopic (exact) mass is 288 g/mol. The molecule has 1 aromatic rings. The molecule has 0 amide bonds. The van der Waals surface area contributed by atoms with Gasteiger partial charge in [-0.05, 0) is 34.1 Å². The summed E-state index contributed by atoms with van der Waals surface area (Å²) in [4.78, 5) is 0. The summed E-state index contributed by atoms with van der Waals surface area (Å²) in [5, 5.41) is 12.9. The second kappa shape index (κ2) is 4.53. The molecule has 0 saturated carbocycles. The third kappa shape index (κ3) is 2.65. The van der Waals surface area contributed by atoms with Crippen molar-refractivity contribution in [3.63, 3.8) is 0 Å². The Hall–Kier alpha value is -0.990. The zero-order valence-corrected chi connectivity index (χ0v) is 12.4. The number of sulfonamides is 1. The molecular weight excluding hydrogens is 268 g/mol. The highest BCUT2D eigenvalue weighted by Crippen LogP contribution is 2.33. The average molecular weight is 288 g/mol. The average Bonchev–Trinajstić information content (AvgIpc) is 2.79. The number of nitrogens with zero attached hydrogens (tertiary/aromatic N) is 3. The Bertz CT molecular complexity index is 573. The van der Waals surface area contributed by atoms with E-state index in [1.165, 1.54) is 0 Å². The van der Waals surface area contributed by atoms with Crippen LogP contribution in [0.2, 0.25) is 0 Å². The van der Waals surface area contributed by atoms with Gasteiger partial charge in [0.1, 0.15) is 5.82 Å². The van der Waals surface area contributed by atoms with E-state index in [4.69, 9.17) is 9.88 Å². The topological polar surface area (TPSA) is 100 Å². The third-order valence-electron chi connectivity index (χ3n) is 3.29. The smallest absolute Gasteiger partial charge is 0.273 e. The van der Waals surface area contributed by atoms with Crippen molar-refractivity contribution in [2.75, 3.05) is 6.61 Å². The molecule has 1 aromatic heterocycles. The van der Waals surface area contributed by atoms with Crippen LogP contribution in [0.1, 0.15) is 45.9 Å². The Kier molecular flexibility index (Phi) is 3.44. The minimum Gasteiger partial charge on any atom is -0.378 e. The van der Waals surface area contributed by atoms with Gasteiger partial charge in [0.15, 0.2) is 0 Å². The Labute approximate surface area is 113 Å². The Balaban J connectivity index is 2.60. The van der Waals surface area contributed by atoms with Gasteiger partial charge in [-0.2, -0.15) is 0 Å². The van der Waals surface area contributed by atoms with Gasteiger partial charge < -0.3 is 4.74 Å². The van der Waals surface area contributed by atoms with E-state index in [9.17, 15) is 8.42 Å². The molecule has 0 aliphatic carbocycles. The lowest BCUT2D eigenvalue weighted by Gasteiger charge is -2.26. The van der Waals surface area contributed by atoms with Crippen molar-refractivity contribution >= 4 is 10.0 Å². The van der Waals surface area contributed by atoms with Crippen molar-refractivity contribution < 1.29 is 13.2 Å². The van der Waals surface area contributed by atoms with E-state index in [0.717, 1.165) is 6.42 Å². The Morgan fingerprint density at radius 2 is 2.00 bits per heavy atom. The largest absolute Gasteiger partial charge is 0.378 e. The summed E-state index contributed by atoms with van der Waals surface area (Å²) in [6.07, 6.45) is 0.804. The van der Waals surface area contributed by atoms with Gasteiger partial charge in [-0.15, -0.1) is 10.2 Å². The van der Waals surface area contributed by atoms with E-state index in [0.29, 0.717) is 12.4 Å². The van der Waals surface area contributed by atoms with Crippen LogP contribution in [0, 0.1) is 0 Å². The minimum absolute atomic E-state index is 0.00127. The summed E-state index contributed by atoms with van der Waals surface area (Å²) < 4.78 is 30.4. The van der Waals surface area contributed by atoms with E-state index in [2.05, 4.69) is 10.2 Å². The molecule has 108 valence electrons. The lowest BCUT2D eigenvalue weighted by molar-refractivity contribution is 0.115. The number of nitrogens with two attached hydrogens (primary N) is 1. The molecule has 8 heteroatoms. The number of aromatic nitrogens is 3. The summed E-state index contributed by atoms with van der Waals surface area (Å²) in [7, 11) is -3.89. The van der Waals surface area contributed by atoms with Gasteiger partial charge in [0, 0.05) is 18.1 Å². The summed E-state index contributed by atoms with van der Waals surface area (Å²) in [5.74, 6) is 0.670. The van der Waals surface area contributed by atoms with Gasteiger partial charge in [0.2, 0.25) is 0 Å². The number of hydrogen-bond acceptors (Lipinski definition) is 5. The second-order valence-corrected chi connectivity index (χ2v) is 7.32. The van der Waals surface area contributed by atoms with Crippen LogP contribution >= 0.6 is 0 Å². The first-order valence-electron chi connectivity index (χ1n) is 6.22. The Morgan fingerprint density at radius 3 is 2.42 bits per heavy atom. The maximum Gasteiger partial charge on any atom is 0.273 e. The van der Waals surface area contributed by atoms with Crippen molar-refractivity contribution in [1.82, 2.24) is 14.8 Å². The molecule has 2 atom stereocenters. The summed E-state index contributed by atoms with van der Waals surface area (Å²) in [5.41, 5.74) is -0.469. The fourth-order valence-electron chi connectivity index (χ4n) is 2.41. The maximum atomic E-state index is 11.6. The van der Waals surface area contributed by atoms with Gasteiger partial charge in [0.25, 0.3) is 15.2 Å². The van der Waals surface area contributed by atoms with Crippen molar-refractivity contribution in [2.24, 2.45) is 5.14 Å². The summed E-state index contributed by atoms with van der Waals surface area (Å²) in [6.45, 7) is 8.29. The first kappa shape index (κ1) is 14.4. The zero-order valence-electron chi connectivity index (χ0n) is 11.6. The standard InChI is InChI=1S/C11H20N4O3S/c1-7-8(5-6-18-7)9-13-14-10(19(12,16)17)15(9)11(2,3)4/h7-8H,5-6H2,1-4H3,(H2,12,16,17). The van der Waals surface area contributed by atoms with E-state index >= 15 is 0 Å². The molecule has 2 rings (SSSR count). The van der Waals surface area contributed by atoms with Crippen LogP contribution in [0.4, 0.5) is 0 Å².